The molecule has 0 aliphatic rings. The van der Waals surface area contributed by atoms with Gasteiger partial charge in [0.1, 0.15) is 0 Å². The van der Waals surface area contributed by atoms with E-state index < -0.39 is 5.97 Å². The van der Waals surface area contributed by atoms with Gasteiger partial charge in [0.2, 0.25) is 0 Å². The van der Waals surface area contributed by atoms with Crippen molar-refractivity contribution in [3.63, 3.8) is 0 Å². The molecule has 3 heteroatoms. The lowest BCUT2D eigenvalue weighted by Gasteiger charge is -2.26. The van der Waals surface area contributed by atoms with E-state index in [0.717, 1.165) is 18.2 Å². The van der Waals surface area contributed by atoms with Gasteiger partial charge in [0.05, 0.1) is 5.92 Å². The molecule has 0 spiro atoms. The maximum atomic E-state index is 10.8. The lowest BCUT2D eigenvalue weighted by Crippen LogP contribution is -2.28. The quantitative estimate of drug-likeness (QED) is 0.763. The summed E-state index contributed by atoms with van der Waals surface area (Å²) in [5.41, 5.74) is -0.131. The van der Waals surface area contributed by atoms with Gasteiger partial charge in [-0.25, -0.2) is 0 Å². The average Bonchev–Trinajstić information content (AvgIpc) is 1.84. The molecule has 12 heavy (non-hydrogen) atoms. The summed E-state index contributed by atoms with van der Waals surface area (Å²) in [7, 11) is 0. The van der Waals surface area contributed by atoms with E-state index >= 15 is 0 Å². The second-order valence-electron chi connectivity index (χ2n) is 4.09. The molecule has 0 aliphatic carbocycles. The molecule has 0 aromatic carbocycles. The van der Waals surface area contributed by atoms with Gasteiger partial charge < -0.3 is 5.11 Å². The molecular weight excluding hydrogens is 220 g/mol. The zero-order valence-corrected chi connectivity index (χ0v) is 9.52. The van der Waals surface area contributed by atoms with Crippen LogP contribution in [0.15, 0.2) is 0 Å². The van der Waals surface area contributed by atoms with Gasteiger partial charge in [0.15, 0.2) is 0 Å². The van der Waals surface area contributed by atoms with Gasteiger partial charge in [-0.05, 0) is 18.3 Å². The molecule has 1 unspecified atom stereocenters. The Kier molecular flexibility index (Phi) is 4.83. The van der Waals surface area contributed by atoms with Crippen molar-refractivity contribution >= 4 is 21.9 Å². The fraction of sp³-hybridized carbons (Fsp3) is 0.889. The average molecular weight is 237 g/mol. The lowest BCUT2D eigenvalue weighted by molar-refractivity contribution is -0.145. The van der Waals surface area contributed by atoms with E-state index in [0.29, 0.717) is 0 Å². The van der Waals surface area contributed by atoms with Crippen molar-refractivity contribution in [2.45, 2.75) is 33.6 Å². The Morgan fingerprint density at radius 1 is 1.50 bits per heavy atom. The Hall–Kier alpha value is -0.0500. The number of rotatable bonds is 4. The van der Waals surface area contributed by atoms with E-state index in [4.69, 9.17) is 5.11 Å². The van der Waals surface area contributed by atoms with Gasteiger partial charge in [0, 0.05) is 5.33 Å². The highest BCUT2D eigenvalue weighted by atomic mass is 79.9. The van der Waals surface area contributed by atoms with Crippen LogP contribution in [0.2, 0.25) is 0 Å². The van der Waals surface area contributed by atoms with E-state index in [1.807, 2.05) is 20.8 Å². The third-order valence-corrected chi connectivity index (χ3v) is 2.53. The number of aliphatic carboxylic acids is 1. The minimum atomic E-state index is -0.677. The van der Waals surface area contributed by atoms with Crippen molar-refractivity contribution in [3.05, 3.63) is 0 Å². The van der Waals surface area contributed by atoms with Crippen LogP contribution in [0.1, 0.15) is 33.6 Å². The first-order valence-corrected chi connectivity index (χ1v) is 5.30. The van der Waals surface area contributed by atoms with Crippen LogP contribution < -0.4 is 0 Å². The molecule has 0 heterocycles. The molecule has 0 saturated heterocycles. The van der Waals surface area contributed by atoms with Crippen molar-refractivity contribution < 1.29 is 9.90 Å². The smallest absolute Gasteiger partial charge is 0.307 e. The molecule has 0 aromatic rings. The first-order chi connectivity index (χ1) is 5.39. The van der Waals surface area contributed by atoms with Gasteiger partial charge >= 0.3 is 5.97 Å². The van der Waals surface area contributed by atoms with Crippen molar-refractivity contribution in [1.82, 2.24) is 0 Å². The number of carboxylic acid groups (broad SMARTS) is 1. The van der Waals surface area contributed by atoms with Crippen LogP contribution in [-0.4, -0.2) is 16.4 Å². The molecule has 0 bridgehead atoms. The second kappa shape index (κ2) is 4.85. The molecule has 0 fully saturated rings. The normalized spacial score (nSPS) is 14.3. The molecule has 1 N–H and O–H groups in total. The summed E-state index contributed by atoms with van der Waals surface area (Å²) in [5, 5.41) is 9.80. The van der Waals surface area contributed by atoms with E-state index in [1.165, 1.54) is 0 Å². The lowest BCUT2D eigenvalue weighted by atomic mass is 9.78. The second-order valence-corrected chi connectivity index (χ2v) is 4.88. The van der Waals surface area contributed by atoms with E-state index in [1.54, 1.807) is 0 Å². The summed E-state index contributed by atoms with van der Waals surface area (Å²) in [4.78, 5) is 10.8. The third kappa shape index (κ3) is 4.10. The van der Waals surface area contributed by atoms with Gasteiger partial charge in [-0.3, -0.25) is 4.79 Å². The summed E-state index contributed by atoms with van der Waals surface area (Å²) < 4.78 is 0. The van der Waals surface area contributed by atoms with Gasteiger partial charge in [-0.1, -0.05) is 36.7 Å². The number of halogens is 1. The Morgan fingerprint density at radius 2 is 2.00 bits per heavy atom. The van der Waals surface area contributed by atoms with Gasteiger partial charge in [-0.2, -0.15) is 0 Å². The van der Waals surface area contributed by atoms with Gasteiger partial charge in [0.25, 0.3) is 0 Å². The Morgan fingerprint density at radius 3 is 2.25 bits per heavy atom. The summed E-state index contributed by atoms with van der Waals surface area (Å²) in [5.74, 6) is -0.904. The van der Waals surface area contributed by atoms with E-state index in [-0.39, 0.29) is 11.3 Å². The predicted molar refractivity (Wildman–Crippen MR) is 53.6 cm³/mol. The van der Waals surface area contributed by atoms with Crippen LogP contribution in [0.4, 0.5) is 0 Å². The van der Waals surface area contributed by atoms with E-state index in [2.05, 4.69) is 15.9 Å². The standard InChI is InChI=1S/C9H17BrO2/c1-9(2,3)7(8(11)12)5-4-6-10/h7H,4-6H2,1-3H3,(H,11,12). The van der Waals surface area contributed by atoms with Crippen molar-refractivity contribution in [1.29, 1.82) is 0 Å². The molecule has 0 aliphatic heterocycles. The van der Waals surface area contributed by atoms with Gasteiger partial charge in [-0.15, -0.1) is 0 Å². The van der Waals surface area contributed by atoms with Crippen LogP contribution in [0.25, 0.3) is 0 Å². The Bertz CT molecular complexity index is 149. The molecule has 0 rings (SSSR count). The molecule has 0 radical (unpaired) electrons. The highest BCUT2D eigenvalue weighted by molar-refractivity contribution is 9.09. The topological polar surface area (TPSA) is 37.3 Å². The summed E-state index contributed by atoms with van der Waals surface area (Å²) >= 11 is 3.30. The predicted octanol–water partition coefficient (Wildman–Crippen LogP) is 2.91. The van der Waals surface area contributed by atoms with Crippen molar-refractivity contribution in [3.8, 4) is 0 Å². The highest BCUT2D eigenvalue weighted by Gasteiger charge is 2.30. The molecule has 1 atom stereocenters. The first kappa shape index (κ1) is 11.9. The van der Waals surface area contributed by atoms with Crippen molar-refractivity contribution in [2.24, 2.45) is 11.3 Å². The zero-order valence-electron chi connectivity index (χ0n) is 7.93. The Balaban J connectivity index is 4.15. The first-order valence-electron chi connectivity index (χ1n) is 4.18. The molecule has 0 saturated carbocycles. The van der Waals surface area contributed by atoms with E-state index in [9.17, 15) is 4.79 Å². The van der Waals surface area contributed by atoms with Crippen LogP contribution >= 0.6 is 15.9 Å². The van der Waals surface area contributed by atoms with Crippen LogP contribution in [-0.2, 0) is 4.79 Å². The number of carbonyl (C=O) groups is 1. The zero-order chi connectivity index (χ0) is 9.78. The summed E-state index contributed by atoms with van der Waals surface area (Å²) in [6.07, 6.45) is 1.68. The molecule has 0 amide bonds. The maximum Gasteiger partial charge on any atom is 0.307 e. The number of alkyl halides is 1. The molecule has 2 nitrogen and oxygen atoms in total. The van der Waals surface area contributed by atoms with Crippen LogP contribution in [0.3, 0.4) is 0 Å². The molecule has 72 valence electrons. The molecular formula is C9H17BrO2. The fourth-order valence-corrected chi connectivity index (χ4v) is 1.53. The number of hydrogen-bond acceptors (Lipinski definition) is 1. The Labute approximate surface area is 82.5 Å². The minimum absolute atomic E-state index is 0.131. The third-order valence-electron chi connectivity index (χ3n) is 1.97. The largest absolute Gasteiger partial charge is 0.481 e. The summed E-state index contributed by atoms with van der Waals surface area (Å²) in [6.45, 7) is 5.92. The maximum absolute atomic E-state index is 10.8. The number of hydrogen-bond donors (Lipinski definition) is 1. The van der Waals surface area contributed by atoms with Crippen LogP contribution in [0, 0.1) is 11.3 Å². The number of carboxylic acids is 1. The fourth-order valence-electron chi connectivity index (χ4n) is 1.21. The SMILES string of the molecule is CC(C)(C)C(CCCBr)C(=O)O. The minimum Gasteiger partial charge on any atom is -0.481 e. The monoisotopic (exact) mass is 236 g/mol. The van der Waals surface area contributed by atoms with Crippen molar-refractivity contribution in [2.75, 3.05) is 5.33 Å². The van der Waals surface area contributed by atoms with Crippen LogP contribution in [0.5, 0.6) is 0 Å². The highest BCUT2D eigenvalue weighted by Crippen LogP contribution is 2.29. The molecule has 0 aromatic heterocycles. The summed E-state index contributed by atoms with van der Waals surface area (Å²) in [6, 6.07) is 0.